The van der Waals surface area contributed by atoms with Gasteiger partial charge in [0, 0.05) is 38.3 Å². The molecule has 1 unspecified atom stereocenters. The molecule has 1 atom stereocenters. The summed E-state index contributed by atoms with van der Waals surface area (Å²) in [4.78, 5) is 16.9. The summed E-state index contributed by atoms with van der Waals surface area (Å²) in [5.41, 5.74) is 0.229. The molecule has 1 saturated heterocycles. The lowest BCUT2D eigenvalue weighted by Gasteiger charge is -2.42. The van der Waals surface area contributed by atoms with Gasteiger partial charge in [-0.1, -0.05) is 6.92 Å². The zero-order valence-corrected chi connectivity index (χ0v) is 14.4. The Bertz CT molecular complexity index is 307. The van der Waals surface area contributed by atoms with Crippen molar-refractivity contribution in [3.05, 3.63) is 0 Å². The number of nitrogens with one attached hydrogen (secondary N) is 1. The van der Waals surface area contributed by atoms with E-state index in [4.69, 9.17) is 4.74 Å². The molecule has 124 valence electrons. The Kier molecular flexibility index (Phi) is 7.63. The Morgan fingerprint density at radius 3 is 2.29 bits per heavy atom. The van der Waals surface area contributed by atoms with Gasteiger partial charge in [-0.3, -0.25) is 14.6 Å². The first-order valence-electron chi connectivity index (χ1n) is 8.26. The van der Waals surface area contributed by atoms with Crippen LogP contribution in [0.4, 0.5) is 0 Å². The highest BCUT2D eigenvalue weighted by atomic mass is 16.5. The minimum atomic E-state index is -0.203. The van der Waals surface area contributed by atoms with Gasteiger partial charge in [-0.25, -0.2) is 0 Å². The number of carbonyl (C=O) groups is 1. The van der Waals surface area contributed by atoms with Crippen LogP contribution in [0.15, 0.2) is 0 Å². The number of carbonyl (C=O) groups excluding carboxylic acids is 1. The van der Waals surface area contributed by atoms with Gasteiger partial charge in [-0.05, 0) is 40.7 Å². The molecule has 1 heterocycles. The molecule has 0 aromatic heterocycles. The van der Waals surface area contributed by atoms with Gasteiger partial charge in [0.15, 0.2) is 0 Å². The predicted octanol–water partition coefficient (Wildman–Crippen LogP) is 1.33. The second kappa shape index (κ2) is 8.71. The van der Waals surface area contributed by atoms with Crippen LogP contribution in [0.25, 0.3) is 0 Å². The molecule has 5 nitrogen and oxygen atoms in total. The van der Waals surface area contributed by atoms with E-state index < -0.39 is 0 Å². The van der Waals surface area contributed by atoms with E-state index in [-0.39, 0.29) is 17.6 Å². The molecule has 0 amide bonds. The summed E-state index contributed by atoms with van der Waals surface area (Å²) in [6.07, 6.45) is 1.02. The smallest absolute Gasteiger partial charge is 0.324 e. The van der Waals surface area contributed by atoms with Gasteiger partial charge >= 0.3 is 5.97 Å². The van der Waals surface area contributed by atoms with E-state index in [1.165, 1.54) is 0 Å². The maximum Gasteiger partial charge on any atom is 0.324 e. The quantitative estimate of drug-likeness (QED) is 0.719. The van der Waals surface area contributed by atoms with Crippen molar-refractivity contribution in [1.29, 1.82) is 0 Å². The van der Waals surface area contributed by atoms with E-state index in [2.05, 4.69) is 42.8 Å². The van der Waals surface area contributed by atoms with Crippen LogP contribution < -0.4 is 5.32 Å². The molecule has 1 fully saturated rings. The van der Waals surface area contributed by atoms with Crippen LogP contribution in [0.3, 0.4) is 0 Å². The minimum absolute atomic E-state index is 0.121. The average molecular weight is 299 g/mol. The fourth-order valence-corrected chi connectivity index (χ4v) is 2.64. The molecule has 1 N–H and O–H groups in total. The van der Waals surface area contributed by atoms with Crippen LogP contribution in [0, 0.1) is 0 Å². The van der Waals surface area contributed by atoms with Gasteiger partial charge in [0.25, 0.3) is 0 Å². The van der Waals surface area contributed by atoms with Crippen LogP contribution in [0.2, 0.25) is 0 Å². The van der Waals surface area contributed by atoms with Gasteiger partial charge in [0.1, 0.15) is 6.04 Å². The van der Waals surface area contributed by atoms with Crippen molar-refractivity contribution >= 4 is 5.97 Å². The number of piperazine rings is 1. The summed E-state index contributed by atoms with van der Waals surface area (Å²) < 4.78 is 5.18. The Balaban J connectivity index is 2.47. The summed E-state index contributed by atoms with van der Waals surface area (Å²) in [6.45, 7) is 16.9. The Morgan fingerprint density at radius 1 is 1.19 bits per heavy atom. The monoisotopic (exact) mass is 299 g/mol. The second-order valence-corrected chi connectivity index (χ2v) is 6.72. The first kappa shape index (κ1) is 18.4. The maximum atomic E-state index is 12.0. The second-order valence-electron chi connectivity index (χ2n) is 6.72. The lowest BCUT2D eigenvalue weighted by molar-refractivity contribution is -0.146. The van der Waals surface area contributed by atoms with Crippen LogP contribution >= 0.6 is 0 Å². The van der Waals surface area contributed by atoms with Crippen LogP contribution in [0.1, 0.15) is 41.0 Å². The highest BCUT2D eigenvalue weighted by Crippen LogP contribution is 2.15. The number of hydrogen-bond donors (Lipinski definition) is 1. The van der Waals surface area contributed by atoms with Gasteiger partial charge in [-0.15, -0.1) is 0 Å². The normalized spacial score (nSPS) is 19.5. The Labute approximate surface area is 130 Å². The van der Waals surface area contributed by atoms with E-state index >= 15 is 0 Å². The van der Waals surface area contributed by atoms with Crippen LogP contribution in [-0.4, -0.2) is 73.2 Å². The highest BCUT2D eigenvalue weighted by Gasteiger charge is 2.28. The standard InChI is InChI=1S/C16H33N3O2/c1-6-8-17-14(15(20)21-7-2)13-18-9-11-19(12-10-18)16(3,4)5/h14,17H,6-13H2,1-5H3. The molecule has 0 bridgehead atoms. The summed E-state index contributed by atoms with van der Waals surface area (Å²) in [6, 6.07) is -0.203. The number of nitrogens with zero attached hydrogens (tertiary/aromatic N) is 2. The summed E-state index contributed by atoms with van der Waals surface area (Å²) >= 11 is 0. The molecule has 0 aliphatic carbocycles. The molecular formula is C16H33N3O2. The molecular weight excluding hydrogens is 266 g/mol. The average Bonchev–Trinajstić information content (AvgIpc) is 2.43. The summed E-state index contributed by atoms with van der Waals surface area (Å²) in [5, 5.41) is 3.31. The maximum absolute atomic E-state index is 12.0. The highest BCUT2D eigenvalue weighted by molar-refractivity contribution is 5.76. The molecule has 1 aliphatic heterocycles. The van der Waals surface area contributed by atoms with Crippen molar-refractivity contribution in [1.82, 2.24) is 15.1 Å². The number of hydrogen-bond acceptors (Lipinski definition) is 5. The lowest BCUT2D eigenvalue weighted by atomic mass is 10.0. The molecule has 0 aromatic rings. The summed E-state index contributed by atoms with van der Waals surface area (Å²) in [7, 11) is 0. The number of esters is 1. The van der Waals surface area contributed by atoms with Crippen LogP contribution in [0.5, 0.6) is 0 Å². The van der Waals surface area contributed by atoms with Gasteiger partial charge in [-0.2, -0.15) is 0 Å². The third-order valence-corrected chi connectivity index (χ3v) is 3.97. The first-order chi connectivity index (χ1) is 9.88. The fourth-order valence-electron chi connectivity index (χ4n) is 2.64. The van der Waals surface area contributed by atoms with E-state index in [9.17, 15) is 4.79 Å². The number of ether oxygens (including phenoxy) is 1. The van der Waals surface area contributed by atoms with E-state index in [0.29, 0.717) is 6.61 Å². The van der Waals surface area contributed by atoms with Crippen molar-refractivity contribution in [3.63, 3.8) is 0 Å². The van der Waals surface area contributed by atoms with E-state index in [0.717, 1.165) is 45.7 Å². The Hall–Kier alpha value is -0.650. The van der Waals surface area contributed by atoms with E-state index in [1.807, 2.05) is 6.92 Å². The van der Waals surface area contributed by atoms with Gasteiger partial charge in [0.2, 0.25) is 0 Å². The minimum Gasteiger partial charge on any atom is -0.465 e. The van der Waals surface area contributed by atoms with Crippen molar-refractivity contribution in [2.75, 3.05) is 45.9 Å². The molecule has 1 aliphatic rings. The summed E-state index contributed by atoms with van der Waals surface area (Å²) in [5.74, 6) is -0.121. The number of rotatable bonds is 7. The molecule has 0 spiro atoms. The zero-order chi connectivity index (χ0) is 15.9. The SMILES string of the molecule is CCCNC(CN1CCN(C(C)(C)C)CC1)C(=O)OCC. The van der Waals surface area contributed by atoms with Gasteiger partial charge in [0.05, 0.1) is 6.61 Å². The third kappa shape index (κ3) is 6.32. The third-order valence-electron chi connectivity index (χ3n) is 3.97. The Morgan fingerprint density at radius 2 is 1.81 bits per heavy atom. The van der Waals surface area contributed by atoms with Crippen molar-refractivity contribution < 1.29 is 9.53 Å². The van der Waals surface area contributed by atoms with Crippen molar-refractivity contribution in [2.45, 2.75) is 52.6 Å². The molecule has 21 heavy (non-hydrogen) atoms. The van der Waals surface area contributed by atoms with Crippen molar-refractivity contribution in [2.24, 2.45) is 0 Å². The molecule has 0 aromatic carbocycles. The molecule has 5 heteroatoms. The van der Waals surface area contributed by atoms with Crippen LogP contribution in [-0.2, 0) is 9.53 Å². The molecule has 1 rings (SSSR count). The molecule has 0 saturated carbocycles. The molecule has 0 radical (unpaired) electrons. The largest absolute Gasteiger partial charge is 0.465 e. The zero-order valence-electron chi connectivity index (χ0n) is 14.4. The fraction of sp³-hybridized carbons (Fsp3) is 0.938. The van der Waals surface area contributed by atoms with Crippen molar-refractivity contribution in [3.8, 4) is 0 Å². The topological polar surface area (TPSA) is 44.8 Å². The van der Waals surface area contributed by atoms with Gasteiger partial charge < -0.3 is 10.1 Å². The van der Waals surface area contributed by atoms with E-state index in [1.54, 1.807) is 0 Å². The lowest BCUT2D eigenvalue weighted by Crippen LogP contribution is -2.56. The predicted molar refractivity (Wildman–Crippen MR) is 86.5 cm³/mol. The first-order valence-corrected chi connectivity index (χ1v) is 8.26.